The first-order valence-corrected chi connectivity index (χ1v) is 15.9. The van der Waals surface area contributed by atoms with Crippen LogP contribution in [0.15, 0.2) is 47.5 Å². The summed E-state index contributed by atoms with van der Waals surface area (Å²) in [4.78, 5) is 5.01. The number of nitrogens with zero attached hydrogens (tertiary/aromatic N) is 1. The van der Waals surface area contributed by atoms with Gasteiger partial charge in [-0.3, -0.25) is 0 Å². The first-order valence-electron chi connectivity index (χ1n) is 12.9. The van der Waals surface area contributed by atoms with Gasteiger partial charge in [0.2, 0.25) is 0 Å². The predicted octanol–water partition coefficient (Wildman–Crippen LogP) is 6.41. The molecule has 38 heavy (non-hydrogen) atoms. The number of ether oxygens (including phenoxy) is 4. The summed E-state index contributed by atoms with van der Waals surface area (Å²) in [5.74, 6) is -0.437. The number of halogens is 3. The van der Waals surface area contributed by atoms with Gasteiger partial charge in [0.1, 0.15) is 0 Å². The van der Waals surface area contributed by atoms with Crippen LogP contribution >= 0.6 is 34.8 Å². The number of benzene rings is 2. The average molecular weight is 648 g/mol. The van der Waals surface area contributed by atoms with Crippen molar-refractivity contribution in [1.29, 1.82) is 0 Å². The van der Waals surface area contributed by atoms with E-state index in [0.717, 1.165) is 6.42 Å². The Morgan fingerprint density at radius 1 is 1.11 bits per heavy atom. The molecule has 2 aliphatic heterocycles. The molecule has 0 aliphatic carbocycles. The van der Waals surface area contributed by atoms with Crippen molar-refractivity contribution < 1.29 is 18.9 Å². The van der Waals surface area contributed by atoms with Crippen molar-refractivity contribution in [2.75, 3.05) is 13.2 Å². The topological polar surface area (TPSA) is 49.3 Å². The van der Waals surface area contributed by atoms with Crippen LogP contribution in [0.4, 0.5) is 0 Å². The Morgan fingerprint density at radius 2 is 1.79 bits per heavy atom. The van der Waals surface area contributed by atoms with Crippen LogP contribution in [0.2, 0.25) is 4.82 Å². The Hall–Kier alpha value is -0.821. The summed E-state index contributed by atoms with van der Waals surface area (Å²) >= 11 is 18.8. The zero-order valence-corrected chi connectivity index (χ0v) is 26.5. The minimum absolute atomic E-state index is 0.0306. The van der Waals surface area contributed by atoms with E-state index in [2.05, 4.69) is 57.2 Å². The van der Waals surface area contributed by atoms with Crippen LogP contribution in [-0.2, 0) is 25.6 Å². The second-order valence-corrected chi connectivity index (χ2v) is 15.5. The molecule has 2 aromatic rings. The molecular weight excluding hydrogens is 612 g/mol. The van der Waals surface area contributed by atoms with Crippen LogP contribution in [0.5, 0.6) is 0 Å². The average Bonchev–Trinajstić information content (AvgIpc) is 3.41. The van der Waals surface area contributed by atoms with Crippen LogP contribution in [0.3, 0.4) is 0 Å². The van der Waals surface area contributed by atoms with E-state index in [-0.39, 0.29) is 43.9 Å². The van der Waals surface area contributed by atoms with Crippen LogP contribution in [0, 0.1) is 20.8 Å². The van der Waals surface area contributed by atoms with Gasteiger partial charge in [-0.25, -0.2) is 0 Å². The third-order valence-electron chi connectivity index (χ3n) is 6.76. The van der Waals surface area contributed by atoms with E-state index in [1.54, 1.807) is 0 Å². The Bertz CT molecular complexity index is 1100. The molecule has 1 saturated heterocycles. The number of hydrogen-bond acceptors (Lipinski definition) is 5. The van der Waals surface area contributed by atoms with Gasteiger partial charge in [-0.1, -0.05) is 0 Å². The maximum atomic E-state index is 6.24. The van der Waals surface area contributed by atoms with E-state index in [0.29, 0.717) is 26.2 Å². The molecule has 0 amide bonds. The van der Waals surface area contributed by atoms with Crippen LogP contribution in [0.25, 0.3) is 0 Å². The van der Waals surface area contributed by atoms with Crippen LogP contribution in [0.1, 0.15) is 48.9 Å². The van der Waals surface area contributed by atoms with Gasteiger partial charge in [0, 0.05) is 0 Å². The number of hydrogen-bond donors (Lipinski definition) is 0. The van der Waals surface area contributed by atoms with E-state index < -0.39 is 9.58 Å². The van der Waals surface area contributed by atoms with Gasteiger partial charge in [0.25, 0.3) is 0 Å². The molecule has 0 aromatic heterocycles. The fourth-order valence-electron chi connectivity index (χ4n) is 5.04. The zero-order chi connectivity index (χ0) is 27.5. The quantitative estimate of drug-likeness (QED) is 0.170. The standard InChI is InChI=1S/C29H36Cl3NO4Se/c1-18-13-19(2)23(20(3)14-18)17-34-12-11-24-26(33-27(36-24)29(30,31)32)25(38-22-9-7-6-8-10-22)15-21-16-35-28(4,5)37-21/h6-10,13-14,21,24-26H,11-12,15-17H2,1-5H3/t21-,24-,25+,26+/m0/s1. The maximum absolute atomic E-state index is 6.24. The Kier molecular flexibility index (Phi) is 10.1. The molecule has 0 saturated carbocycles. The van der Waals surface area contributed by atoms with E-state index in [4.69, 9.17) is 58.7 Å². The second kappa shape index (κ2) is 12.8. The predicted molar refractivity (Wildman–Crippen MR) is 156 cm³/mol. The fourth-order valence-corrected chi connectivity index (χ4v) is 8.15. The number of aliphatic imine (C=N–C) groups is 1. The van der Waals surface area contributed by atoms with E-state index in [1.165, 1.54) is 26.7 Å². The minimum atomic E-state index is -1.72. The van der Waals surface area contributed by atoms with Gasteiger partial charge in [-0.2, -0.15) is 0 Å². The normalized spacial score (nSPS) is 23.8. The molecule has 1 fully saturated rings. The van der Waals surface area contributed by atoms with Crippen molar-refractivity contribution in [3.05, 3.63) is 64.7 Å². The molecule has 5 nitrogen and oxygen atoms in total. The van der Waals surface area contributed by atoms with E-state index >= 15 is 0 Å². The van der Waals surface area contributed by atoms with E-state index in [9.17, 15) is 0 Å². The number of aryl methyl sites for hydroxylation is 3. The van der Waals surface area contributed by atoms with Gasteiger partial charge in [0.05, 0.1) is 0 Å². The Balaban J connectivity index is 1.49. The zero-order valence-electron chi connectivity index (χ0n) is 22.5. The molecule has 208 valence electrons. The molecule has 0 spiro atoms. The molecule has 0 unspecified atom stereocenters. The molecule has 0 bridgehead atoms. The van der Waals surface area contributed by atoms with Gasteiger partial charge < -0.3 is 0 Å². The summed E-state index contributed by atoms with van der Waals surface area (Å²) < 4.78 is 23.9. The van der Waals surface area contributed by atoms with Crippen molar-refractivity contribution in [2.45, 2.75) is 86.7 Å². The molecular formula is C29H36Cl3NO4Se. The summed E-state index contributed by atoms with van der Waals surface area (Å²) in [6.07, 6.45) is 1.13. The fraction of sp³-hybridized carbons (Fsp3) is 0.552. The van der Waals surface area contributed by atoms with Gasteiger partial charge in [0.15, 0.2) is 0 Å². The summed E-state index contributed by atoms with van der Waals surface area (Å²) in [6.45, 7) is 11.9. The molecule has 9 heteroatoms. The first kappa shape index (κ1) is 30.1. The summed E-state index contributed by atoms with van der Waals surface area (Å²) in [6, 6.07) is 14.7. The van der Waals surface area contributed by atoms with E-state index in [1.807, 2.05) is 19.9 Å². The van der Waals surface area contributed by atoms with Gasteiger partial charge in [-0.05, 0) is 0 Å². The van der Waals surface area contributed by atoms with Gasteiger partial charge in [-0.15, -0.1) is 0 Å². The number of alkyl halides is 3. The Morgan fingerprint density at radius 3 is 2.39 bits per heavy atom. The molecule has 4 atom stereocenters. The second-order valence-electron chi connectivity index (χ2n) is 10.5. The number of rotatable bonds is 10. The van der Waals surface area contributed by atoms with Crippen molar-refractivity contribution in [3.8, 4) is 0 Å². The van der Waals surface area contributed by atoms with Gasteiger partial charge >= 0.3 is 249 Å². The molecule has 2 aromatic carbocycles. The Labute approximate surface area is 247 Å². The third kappa shape index (κ3) is 8.11. The third-order valence-corrected chi connectivity index (χ3v) is 10.0. The van der Waals surface area contributed by atoms with Crippen LogP contribution < -0.4 is 4.46 Å². The SMILES string of the molecule is Cc1cc(C)c(COCC[C@@H]2OC(C(Cl)(Cl)Cl)=N[C@H]2[C@@H](C[C@H]2COC(C)(C)O2)[Se]c2ccccc2)c(C)c1. The summed E-state index contributed by atoms with van der Waals surface area (Å²) in [7, 11) is 0. The van der Waals surface area contributed by atoms with Crippen molar-refractivity contribution in [1.82, 2.24) is 0 Å². The summed E-state index contributed by atoms with van der Waals surface area (Å²) in [5.41, 5.74) is 4.97. The molecule has 0 radical (unpaired) electrons. The van der Waals surface area contributed by atoms with Crippen LogP contribution in [-0.4, -0.2) is 61.9 Å². The molecule has 0 N–H and O–H groups in total. The monoisotopic (exact) mass is 647 g/mol. The van der Waals surface area contributed by atoms with Crippen molar-refractivity contribution in [2.24, 2.45) is 4.99 Å². The molecule has 4 rings (SSSR count). The molecule has 2 aliphatic rings. The first-order chi connectivity index (χ1) is 17.9. The van der Waals surface area contributed by atoms with Crippen molar-refractivity contribution >= 4 is 60.1 Å². The summed E-state index contributed by atoms with van der Waals surface area (Å²) in [5, 5.41) is 0. The van der Waals surface area contributed by atoms with Crippen molar-refractivity contribution in [3.63, 3.8) is 0 Å². The molecule has 2 heterocycles.